The zero-order chi connectivity index (χ0) is 16.2. The van der Waals surface area contributed by atoms with E-state index in [1.807, 2.05) is 13.0 Å². The monoisotopic (exact) mass is 309 g/mol. The van der Waals surface area contributed by atoms with Gasteiger partial charge in [-0.1, -0.05) is 0 Å². The number of aryl methyl sites for hydroxylation is 2. The molecule has 0 atom stereocenters. The molecule has 2 N–H and O–H groups in total. The van der Waals surface area contributed by atoms with Gasteiger partial charge in [0, 0.05) is 37.4 Å². The molecule has 8 nitrogen and oxygen atoms in total. The van der Waals surface area contributed by atoms with E-state index >= 15 is 0 Å². The highest BCUT2D eigenvalue weighted by Crippen LogP contribution is 2.19. The highest BCUT2D eigenvalue weighted by atomic mass is 16.2. The van der Waals surface area contributed by atoms with Gasteiger partial charge < -0.3 is 10.6 Å². The summed E-state index contributed by atoms with van der Waals surface area (Å²) in [6.45, 7) is 1.82. The van der Waals surface area contributed by atoms with Crippen LogP contribution in [-0.2, 0) is 7.05 Å². The van der Waals surface area contributed by atoms with E-state index in [0.29, 0.717) is 17.3 Å². The quantitative estimate of drug-likeness (QED) is 0.764. The molecule has 3 aromatic heterocycles. The molecular formula is C15H15N7O. The third kappa shape index (κ3) is 3.49. The molecule has 3 rings (SSSR count). The molecule has 0 spiro atoms. The van der Waals surface area contributed by atoms with Crippen molar-refractivity contribution in [1.82, 2.24) is 24.7 Å². The average molecular weight is 309 g/mol. The van der Waals surface area contributed by atoms with E-state index in [9.17, 15) is 4.79 Å². The van der Waals surface area contributed by atoms with Crippen LogP contribution in [0.5, 0.6) is 0 Å². The number of hydrogen-bond donors (Lipinski definition) is 2. The van der Waals surface area contributed by atoms with E-state index in [1.165, 1.54) is 0 Å². The van der Waals surface area contributed by atoms with Crippen molar-refractivity contribution in [2.75, 3.05) is 10.6 Å². The summed E-state index contributed by atoms with van der Waals surface area (Å²) in [5, 5.41) is 9.90. The lowest BCUT2D eigenvalue weighted by Crippen LogP contribution is -2.17. The van der Waals surface area contributed by atoms with Crippen LogP contribution >= 0.6 is 0 Å². The van der Waals surface area contributed by atoms with Crippen LogP contribution in [0.3, 0.4) is 0 Å². The Kier molecular flexibility index (Phi) is 3.96. The molecule has 23 heavy (non-hydrogen) atoms. The van der Waals surface area contributed by atoms with Gasteiger partial charge in [-0.3, -0.25) is 14.5 Å². The first-order valence-corrected chi connectivity index (χ1v) is 6.93. The predicted molar refractivity (Wildman–Crippen MR) is 85.4 cm³/mol. The SMILES string of the molecule is Cc1ccc(Nc2cnccn2)c(C(=O)Nc2ccn(C)n2)n1. The molecule has 0 saturated carbocycles. The zero-order valence-corrected chi connectivity index (χ0v) is 12.7. The zero-order valence-electron chi connectivity index (χ0n) is 12.7. The van der Waals surface area contributed by atoms with Gasteiger partial charge in [-0.2, -0.15) is 5.10 Å². The average Bonchev–Trinajstić information content (AvgIpc) is 2.95. The topological polar surface area (TPSA) is 97.6 Å². The van der Waals surface area contributed by atoms with Crippen molar-refractivity contribution in [3.8, 4) is 0 Å². The highest BCUT2D eigenvalue weighted by Gasteiger charge is 2.15. The molecule has 116 valence electrons. The van der Waals surface area contributed by atoms with E-state index < -0.39 is 0 Å². The van der Waals surface area contributed by atoms with Crippen molar-refractivity contribution in [1.29, 1.82) is 0 Å². The first-order chi connectivity index (χ1) is 11.1. The minimum atomic E-state index is -0.348. The van der Waals surface area contributed by atoms with E-state index in [4.69, 9.17) is 0 Å². The van der Waals surface area contributed by atoms with Gasteiger partial charge in [-0.05, 0) is 19.1 Å². The summed E-state index contributed by atoms with van der Waals surface area (Å²) >= 11 is 0. The fourth-order valence-electron chi connectivity index (χ4n) is 1.99. The van der Waals surface area contributed by atoms with Crippen molar-refractivity contribution in [2.24, 2.45) is 7.05 Å². The Hall–Kier alpha value is -3.29. The van der Waals surface area contributed by atoms with E-state index in [1.54, 1.807) is 48.6 Å². The first kappa shape index (κ1) is 14.6. The van der Waals surface area contributed by atoms with E-state index in [-0.39, 0.29) is 11.6 Å². The lowest BCUT2D eigenvalue weighted by molar-refractivity contribution is 0.102. The normalized spacial score (nSPS) is 10.3. The van der Waals surface area contributed by atoms with Crippen LogP contribution < -0.4 is 10.6 Å². The summed E-state index contributed by atoms with van der Waals surface area (Å²) in [6.07, 6.45) is 6.46. The summed E-state index contributed by atoms with van der Waals surface area (Å²) in [5.74, 6) is 0.648. The number of nitrogens with one attached hydrogen (secondary N) is 2. The van der Waals surface area contributed by atoms with E-state index in [0.717, 1.165) is 5.69 Å². The minimum absolute atomic E-state index is 0.265. The molecule has 0 aliphatic rings. The molecule has 0 unspecified atom stereocenters. The maximum atomic E-state index is 12.5. The Morgan fingerprint density at radius 1 is 1.17 bits per heavy atom. The molecule has 0 aliphatic carbocycles. The van der Waals surface area contributed by atoms with Crippen LogP contribution in [0.4, 0.5) is 17.3 Å². The van der Waals surface area contributed by atoms with Gasteiger partial charge in [0.2, 0.25) is 0 Å². The number of rotatable bonds is 4. The Balaban J connectivity index is 1.88. The minimum Gasteiger partial charge on any atom is -0.337 e. The van der Waals surface area contributed by atoms with Crippen LogP contribution in [0.15, 0.2) is 43.0 Å². The number of aromatic nitrogens is 5. The molecule has 0 radical (unpaired) electrons. The van der Waals surface area contributed by atoms with Crippen LogP contribution in [-0.4, -0.2) is 30.6 Å². The second kappa shape index (κ2) is 6.22. The Bertz CT molecular complexity index is 829. The molecular weight excluding hydrogens is 294 g/mol. The number of carbonyl (C=O) groups is 1. The summed E-state index contributed by atoms with van der Waals surface area (Å²) in [7, 11) is 1.78. The van der Waals surface area contributed by atoms with Gasteiger partial charge in [0.25, 0.3) is 5.91 Å². The van der Waals surface area contributed by atoms with Crippen LogP contribution in [0.25, 0.3) is 0 Å². The lowest BCUT2D eigenvalue weighted by Gasteiger charge is -2.10. The number of nitrogens with zero attached hydrogens (tertiary/aromatic N) is 5. The van der Waals surface area contributed by atoms with Gasteiger partial charge in [0.05, 0.1) is 11.9 Å². The van der Waals surface area contributed by atoms with Gasteiger partial charge in [-0.25, -0.2) is 9.97 Å². The molecule has 0 bridgehead atoms. The molecule has 3 heterocycles. The number of amides is 1. The number of carbonyl (C=O) groups excluding carboxylic acids is 1. The first-order valence-electron chi connectivity index (χ1n) is 6.93. The summed E-state index contributed by atoms with van der Waals surface area (Å²) in [6, 6.07) is 5.31. The van der Waals surface area contributed by atoms with Crippen LogP contribution in [0.2, 0.25) is 0 Å². The number of anilines is 3. The van der Waals surface area contributed by atoms with Gasteiger partial charge in [0.15, 0.2) is 11.5 Å². The molecule has 3 aromatic rings. The van der Waals surface area contributed by atoms with Gasteiger partial charge in [-0.15, -0.1) is 0 Å². The fraction of sp³-hybridized carbons (Fsp3) is 0.133. The largest absolute Gasteiger partial charge is 0.337 e. The highest BCUT2D eigenvalue weighted by molar-refractivity contribution is 6.06. The molecule has 0 saturated heterocycles. The summed E-state index contributed by atoms with van der Waals surface area (Å²) in [4.78, 5) is 24.9. The van der Waals surface area contributed by atoms with Crippen LogP contribution in [0, 0.1) is 6.92 Å². The van der Waals surface area contributed by atoms with Crippen molar-refractivity contribution in [2.45, 2.75) is 6.92 Å². The van der Waals surface area contributed by atoms with Crippen molar-refractivity contribution < 1.29 is 4.79 Å². The van der Waals surface area contributed by atoms with E-state index in [2.05, 4.69) is 30.7 Å². The maximum absolute atomic E-state index is 12.5. The molecule has 1 amide bonds. The summed E-state index contributed by atoms with van der Waals surface area (Å²) in [5.41, 5.74) is 1.55. The Morgan fingerprint density at radius 3 is 2.74 bits per heavy atom. The van der Waals surface area contributed by atoms with Gasteiger partial charge in [0.1, 0.15) is 5.82 Å². The Labute approximate surface area is 132 Å². The van der Waals surface area contributed by atoms with Crippen molar-refractivity contribution in [3.05, 3.63) is 54.4 Å². The predicted octanol–water partition coefficient (Wildman–Crippen LogP) is 1.91. The lowest BCUT2D eigenvalue weighted by atomic mass is 10.2. The fourth-order valence-corrected chi connectivity index (χ4v) is 1.99. The van der Waals surface area contributed by atoms with Crippen LogP contribution in [0.1, 0.15) is 16.2 Å². The smallest absolute Gasteiger partial charge is 0.277 e. The molecule has 0 fully saturated rings. The molecule has 0 aliphatic heterocycles. The number of hydrogen-bond acceptors (Lipinski definition) is 6. The van der Waals surface area contributed by atoms with Crippen molar-refractivity contribution >= 4 is 23.2 Å². The standard InChI is InChI=1S/C15H15N7O/c1-10-3-4-11(19-13-9-16-6-7-17-13)14(18-10)15(23)20-12-5-8-22(2)21-12/h3-9H,1-2H3,(H,17,19)(H,20,21,23). The third-order valence-corrected chi connectivity index (χ3v) is 3.03. The number of pyridine rings is 1. The Morgan fingerprint density at radius 2 is 2.04 bits per heavy atom. The summed E-state index contributed by atoms with van der Waals surface area (Å²) < 4.78 is 1.61. The molecule has 8 heteroatoms. The maximum Gasteiger partial charge on any atom is 0.277 e. The second-order valence-electron chi connectivity index (χ2n) is 4.89. The van der Waals surface area contributed by atoms with Crippen molar-refractivity contribution in [3.63, 3.8) is 0 Å². The van der Waals surface area contributed by atoms with Gasteiger partial charge >= 0.3 is 0 Å². The second-order valence-corrected chi connectivity index (χ2v) is 4.89. The third-order valence-electron chi connectivity index (χ3n) is 3.03. The molecule has 0 aromatic carbocycles.